The van der Waals surface area contributed by atoms with Crippen molar-refractivity contribution in [3.8, 4) is 11.5 Å². The Morgan fingerprint density at radius 1 is 1.26 bits per heavy atom. The van der Waals surface area contributed by atoms with Crippen LogP contribution in [0, 0.1) is 6.92 Å². The van der Waals surface area contributed by atoms with E-state index in [1.54, 1.807) is 19.1 Å². The van der Waals surface area contributed by atoms with Crippen LogP contribution in [0.15, 0.2) is 33.7 Å². The van der Waals surface area contributed by atoms with E-state index in [-0.39, 0.29) is 29.4 Å². The molecule has 0 spiro atoms. The molecule has 10 nitrogen and oxygen atoms in total. The Balaban J connectivity index is 1.56. The summed E-state index contributed by atoms with van der Waals surface area (Å²) < 4.78 is 43.3. The molecule has 0 fully saturated rings. The van der Waals surface area contributed by atoms with Crippen molar-refractivity contribution in [3.05, 3.63) is 46.3 Å². The topological polar surface area (TPSA) is 124 Å². The van der Waals surface area contributed by atoms with Crippen LogP contribution in [0.4, 0.5) is 5.13 Å². The second-order valence-electron chi connectivity index (χ2n) is 6.77. The van der Waals surface area contributed by atoms with Crippen LogP contribution in [0.2, 0.25) is 0 Å². The zero-order chi connectivity index (χ0) is 22.2. The minimum Gasteiger partial charge on any atom is -0.497 e. The number of ether oxygens (including phenoxy) is 2. The summed E-state index contributed by atoms with van der Waals surface area (Å²) in [5.74, 6) is 0.751. The fourth-order valence-electron chi connectivity index (χ4n) is 3.19. The normalized spacial score (nSPS) is 14.2. The molecule has 4 rings (SSSR count). The van der Waals surface area contributed by atoms with Crippen molar-refractivity contribution in [1.82, 2.24) is 14.4 Å². The maximum absolute atomic E-state index is 13.3. The Morgan fingerprint density at radius 3 is 2.74 bits per heavy atom. The number of hydrogen-bond acceptors (Lipinski definition) is 9. The number of nitrogens with one attached hydrogen (secondary N) is 1. The van der Waals surface area contributed by atoms with Crippen molar-refractivity contribution in [2.75, 3.05) is 26.1 Å². The largest absolute Gasteiger partial charge is 0.497 e. The Labute approximate surface area is 182 Å². The van der Waals surface area contributed by atoms with Crippen LogP contribution in [0.5, 0.6) is 11.5 Å². The number of rotatable bonds is 6. The van der Waals surface area contributed by atoms with E-state index in [4.69, 9.17) is 14.0 Å². The van der Waals surface area contributed by atoms with E-state index in [9.17, 15) is 13.2 Å². The minimum absolute atomic E-state index is 0.0391. The molecular weight excluding hydrogens is 444 g/mol. The third kappa shape index (κ3) is 4.13. The lowest BCUT2D eigenvalue weighted by atomic mass is 10.2. The first-order valence-corrected chi connectivity index (χ1v) is 11.5. The molecule has 12 heteroatoms. The molecule has 31 heavy (non-hydrogen) atoms. The van der Waals surface area contributed by atoms with Gasteiger partial charge in [-0.15, -0.1) is 11.3 Å². The van der Waals surface area contributed by atoms with Crippen LogP contribution in [0.3, 0.4) is 0 Å². The number of anilines is 1. The van der Waals surface area contributed by atoms with E-state index < -0.39 is 15.9 Å². The van der Waals surface area contributed by atoms with Gasteiger partial charge >= 0.3 is 0 Å². The second kappa shape index (κ2) is 8.29. The summed E-state index contributed by atoms with van der Waals surface area (Å²) in [5, 5.41) is 6.75. The maximum atomic E-state index is 13.3. The summed E-state index contributed by atoms with van der Waals surface area (Å²) in [6.45, 7) is 2.10. The third-order valence-corrected chi connectivity index (χ3v) is 7.63. The summed E-state index contributed by atoms with van der Waals surface area (Å²) in [6, 6.07) is 6.17. The van der Waals surface area contributed by atoms with E-state index in [2.05, 4.69) is 15.5 Å². The van der Waals surface area contributed by atoms with Gasteiger partial charge in [0.05, 0.1) is 26.5 Å². The first-order chi connectivity index (χ1) is 14.8. The molecule has 0 bridgehead atoms. The van der Waals surface area contributed by atoms with Gasteiger partial charge in [-0.2, -0.15) is 4.31 Å². The summed E-state index contributed by atoms with van der Waals surface area (Å²) in [7, 11) is -0.945. The number of hydrogen-bond donors (Lipinski definition) is 1. The lowest BCUT2D eigenvalue weighted by Crippen LogP contribution is -2.35. The molecule has 0 saturated heterocycles. The Kier molecular flexibility index (Phi) is 5.69. The number of fused-ring (bicyclic) bond motifs is 1. The van der Waals surface area contributed by atoms with Gasteiger partial charge in [-0.05, 0) is 19.1 Å². The Hall–Kier alpha value is -2.96. The Morgan fingerprint density at radius 2 is 2.06 bits per heavy atom. The highest BCUT2D eigenvalue weighted by Crippen LogP contribution is 2.35. The predicted octanol–water partition coefficient (Wildman–Crippen LogP) is 2.46. The second-order valence-corrected chi connectivity index (χ2v) is 9.76. The summed E-state index contributed by atoms with van der Waals surface area (Å²) in [6.07, 6.45) is 0.427. The van der Waals surface area contributed by atoms with Crippen molar-refractivity contribution in [2.24, 2.45) is 0 Å². The molecule has 3 aromatic rings. The van der Waals surface area contributed by atoms with Crippen molar-refractivity contribution >= 4 is 32.4 Å². The van der Waals surface area contributed by atoms with Crippen molar-refractivity contribution in [2.45, 2.75) is 24.8 Å². The molecular formula is C19H20N4O6S2. The summed E-state index contributed by atoms with van der Waals surface area (Å²) >= 11 is 1.23. The third-order valence-electron chi connectivity index (χ3n) is 4.77. The molecule has 0 atom stereocenters. The standard InChI is InChI=1S/C19H20N4O6S2/c1-11-8-14(22-29-11)18(24)21-19-20-13-6-7-23(10-16(13)30-19)31(25,26)17-9-12(27-2)4-5-15(17)28-3/h4-5,8-9H,6-7,10H2,1-3H3,(H,20,21,24). The van der Waals surface area contributed by atoms with Gasteiger partial charge < -0.3 is 14.0 Å². The van der Waals surface area contributed by atoms with E-state index in [0.29, 0.717) is 23.1 Å². The van der Waals surface area contributed by atoms with Gasteiger partial charge in [-0.3, -0.25) is 10.1 Å². The molecule has 2 aromatic heterocycles. The molecule has 1 N–H and O–H groups in total. The van der Waals surface area contributed by atoms with Crippen LogP contribution < -0.4 is 14.8 Å². The lowest BCUT2D eigenvalue weighted by molar-refractivity contribution is 0.101. The summed E-state index contributed by atoms with van der Waals surface area (Å²) in [5.41, 5.74) is 0.917. The van der Waals surface area contributed by atoms with Gasteiger partial charge in [0.15, 0.2) is 10.8 Å². The monoisotopic (exact) mass is 464 g/mol. The van der Waals surface area contributed by atoms with Crippen LogP contribution in [-0.2, 0) is 23.0 Å². The van der Waals surface area contributed by atoms with Gasteiger partial charge in [0, 0.05) is 30.0 Å². The predicted molar refractivity (Wildman–Crippen MR) is 112 cm³/mol. The highest BCUT2D eigenvalue weighted by Gasteiger charge is 2.33. The molecule has 1 amide bonds. The molecule has 164 valence electrons. The fraction of sp³-hybridized carbons (Fsp3) is 0.316. The highest BCUT2D eigenvalue weighted by atomic mass is 32.2. The fourth-order valence-corrected chi connectivity index (χ4v) is 5.87. The number of amides is 1. The summed E-state index contributed by atoms with van der Waals surface area (Å²) in [4.78, 5) is 17.5. The molecule has 0 saturated carbocycles. The number of nitrogens with zero attached hydrogens (tertiary/aromatic N) is 3. The van der Waals surface area contributed by atoms with Gasteiger partial charge in [0.2, 0.25) is 10.0 Å². The van der Waals surface area contributed by atoms with Gasteiger partial charge in [-0.25, -0.2) is 13.4 Å². The average Bonchev–Trinajstić information content (AvgIpc) is 3.38. The van der Waals surface area contributed by atoms with Crippen molar-refractivity contribution in [1.29, 1.82) is 0 Å². The first-order valence-electron chi connectivity index (χ1n) is 9.27. The van der Waals surface area contributed by atoms with Gasteiger partial charge in [0.25, 0.3) is 5.91 Å². The van der Waals surface area contributed by atoms with E-state index in [0.717, 1.165) is 10.6 Å². The van der Waals surface area contributed by atoms with Crippen molar-refractivity contribution < 1.29 is 27.2 Å². The van der Waals surface area contributed by atoms with E-state index in [1.165, 1.54) is 42.0 Å². The lowest BCUT2D eigenvalue weighted by Gasteiger charge is -2.26. The molecule has 3 heterocycles. The number of sulfonamides is 1. The van der Waals surface area contributed by atoms with Gasteiger partial charge in [-0.1, -0.05) is 5.16 Å². The number of carbonyl (C=O) groups is 1. The average molecular weight is 465 g/mol. The molecule has 0 aliphatic carbocycles. The first kappa shape index (κ1) is 21.3. The number of aromatic nitrogens is 2. The van der Waals surface area contributed by atoms with Crippen molar-refractivity contribution in [3.63, 3.8) is 0 Å². The van der Waals surface area contributed by atoms with Gasteiger partial charge in [0.1, 0.15) is 22.2 Å². The van der Waals surface area contributed by atoms with Crippen LogP contribution >= 0.6 is 11.3 Å². The van der Waals surface area contributed by atoms with E-state index >= 15 is 0 Å². The number of benzene rings is 1. The smallest absolute Gasteiger partial charge is 0.279 e. The van der Waals surface area contributed by atoms with E-state index in [1.807, 2.05) is 0 Å². The number of methoxy groups -OCH3 is 2. The number of carbonyl (C=O) groups excluding carboxylic acids is 1. The molecule has 1 aromatic carbocycles. The minimum atomic E-state index is -3.84. The van der Waals surface area contributed by atoms with Crippen LogP contribution in [-0.4, -0.2) is 49.5 Å². The van der Waals surface area contributed by atoms with Crippen LogP contribution in [0.25, 0.3) is 0 Å². The zero-order valence-corrected chi connectivity index (χ0v) is 18.7. The SMILES string of the molecule is COc1ccc(OC)c(S(=O)(=O)N2CCc3nc(NC(=O)c4cc(C)on4)sc3C2)c1. The maximum Gasteiger partial charge on any atom is 0.279 e. The van der Waals surface area contributed by atoms with Crippen LogP contribution in [0.1, 0.15) is 26.8 Å². The number of thiazole rings is 1. The Bertz CT molecular complexity index is 1230. The molecule has 1 aliphatic rings. The highest BCUT2D eigenvalue weighted by molar-refractivity contribution is 7.89. The quantitative estimate of drug-likeness (QED) is 0.590. The molecule has 0 unspecified atom stereocenters. The zero-order valence-electron chi connectivity index (χ0n) is 17.0. The molecule has 0 radical (unpaired) electrons. The number of aryl methyl sites for hydroxylation is 1. The molecule has 1 aliphatic heterocycles.